The highest BCUT2D eigenvalue weighted by molar-refractivity contribution is 5.96. The third kappa shape index (κ3) is 3.65. The molecule has 0 saturated carbocycles. The molecule has 0 unspecified atom stereocenters. The number of carbonyl (C=O) groups is 1. The second-order valence-corrected chi connectivity index (χ2v) is 7.12. The predicted octanol–water partition coefficient (Wildman–Crippen LogP) is 1.46. The van der Waals surface area contributed by atoms with Gasteiger partial charge in [0.2, 0.25) is 0 Å². The number of hydrogen-bond donors (Lipinski definition) is 1. The minimum absolute atomic E-state index is 0.153. The largest absolute Gasteiger partial charge is 0.368 e. The summed E-state index contributed by atoms with van der Waals surface area (Å²) in [6.07, 6.45) is 2.19. The summed E-state index contributed by atoms with van der Waals surface area (Å²) in [7, 11) is 0. The Morgan fingerprint density at radius 1 is 1.10 bits per heavy atom. The number of anilines is 1. The number of para-hydroxylation sites is 1. The standard InChI is InChI=1S/C21H23N5O3/c1-2-8-26-18-17(19(27)23-21(26)29)13-15(14-22-18)20(28)25-11-9-24(10-12-25)16-6-4-3-5-7-16/h3-7,13-14H,2,8-12H2,1H3,(H,23,27,29). The molecule has 0 bridgehead atoms. The number of nitrogens with one attached hydrogen (secondary N) is 1. The molecule has 4 rings (SSSR count). The number of hydrogen-bond acceptors (Lipinski definition) is 5. The molecule has 3 aromatic rings. The maximum Gasteiger partial charge on any atom is 0.329 e. The van der Waals surface area contributed by atoms with Crippen molar-refractivity contribution in [3.05, 3.63) is 69.0 Å². The van der Waals surface area contributed by atoms with Crippen LogP contribution in [-0.2, 0) is 6.54 Å². The van der Waals surface area contributed by atoms with E-state index in [2.05, 4.69) is 27.0 Å². The first-order chi connectivity index (χ1) is 14.1. The van der Waals surface area contributed by atoms with Gasteiger partial charge in [0.15, 0.2) is 0 Å². The van der Waals surface area contributed by atoms with Crippen LogP contribution >= 0.6 is 0 Å². The molecule has 2 aromatic heterocycles. The van der Waals surface area contributed by atoms with Crippen LogP contribution < -0.4 is 16.1 Å². The normalized spacial score (nSPS) is 14.4. The van der Waals surface area contributed by atoms with Crippen molar-refractivity contribution in [2.75, 3.05) is 31.1 Å². The number of carbonyl (C=O) groups excluding carboxylic acids is 1. The Hall–Kier alpha value is -3.42. The average Bonchev–Trinajstić information content (AvgIpc) is 2.76. The van der Waals surface area contributed by atoms with Gasteiger partial charge in [0, 0.05) is 44.6 Å². The van der Waals surface area contributed by atoms with Crippen molar-refractivity contribution in [1.29, 1.82) is 0 Å². The molecular weight excluding hydrogens is 370 g/mol. The summed E-state index contributed by atoms with van der Waals surface area (Å²) < 4.78 is 1.43. The van der Waals surface area contributed by atoms with Crippen LogP contribution in [0.5, 0.6) is 0 Å². The molecular formula is C21H23N5O3. The van der Waals surface area contributed by atoms with E-state index in [1.165, 1.54) is 10.8 Å². The number of nitrogens with zero attached hydrogens (tertiary/aromatic N) is 4. The number of benzene rings is 1. The van der Waals surface area contributed by atoms with Crippen molar-refractivity contribution in [3.8, 4) is 0 Å². The topological polar surface area (TPSA) is 91.3 Å². The van der Waals surface area contributed by atoms with Crippen LogP contribution in [0.2, 0.25) is 0 Å². The van der Waals surface area contributed by atoms with Gasteiger partial charge in [-0.15, -0.1) is 0 Å². The number of piperazine rings is 1. The molecule has 1 aliphatic rings. The molecule has 1 amide bonds. The van der Waals surface area contributed by atoms with Crippen LogP contribution in [0.3, 0.4) is 0 Å². The summed E-state index contributed by atoms with van der Waals surface area (Å²) >= 11 is 0. The third-order valence-electron chi connectivity index (χ3n) is 5.21. The molecule has 8 nitrogen and oxygen atoms in total. The van der Waals surface area contributed by atoms with Crippen molar-refractivity contribution < 1.29 is 4.79 Å². The fourth-order valence-corrected chi connectivity index (χ4v) is 3.70. The maximum atomic E-state index is 13.0. The van der Waals surface area contributed by atoms with Gasteiger partial charge in [-0.3, -0.25) is 19.1 Å². The SMILES string of the molecule is CCCn1c(=O)[nH]c(=O)c2cc(C(=O)N3CCN(c4ccccc4)CC3)cnc21. The lowest BCUT2D eigenvalue weighted by Crippen LogP contribution is -2.48. The number of H-pyrrole nitrogens is 1. The molecule has 0 radical (unpaired) electrons. The predicted molar refractivity (Wildman–Crippen MR) is 111 cm³/mol. The first-order valence-electron chi connectivity index (χ1n) is 9.80. The molecule has 1 N–H and O–H groups in total. The summed E-state index contributed by atoms with van der Waals surface area (Å²) in [5, 5.41) is 0.256. The molecule has 150 valence electrons. The highest BCUT2D eigenvalue weighted by Gasteiger charge is 2.23. The van der Waals surface area contributed by atoms with Crippen LogP contribution in [-0.4, -0.2) is 51.5 Å². The Kier molecular flexibility index (Phi) is 5.16. The summed E-state index contributed by atoms with van der Waals surface area (Å²) in [5.41, 5.74) is 0.817. The number of aryl methyl sites for hydroxylation is 1. The second-order valence-electron chi connectivity index (χ2n) is 7.12. The molecule has 1 fully saturated rings. The van der Waals surface area contributed by atoms with Crippen molar-refractivity contribution >= 4 is 22.6 Å². The zero-order chi connectivity index (χ0) is 20.4. The Bertz CT molecular complexity index is 1140. The summed E-state index contributed by atoms with van der Waals surface area (Å²) in [6.45, 7) is 5.07. The number of amides is 1. The van der Waals surface area contributed by atoms with Gasteiger partial charge < -0.3 is 9.80 Å². The molecule has 29 heavy (non-hydrogen) atoms. The van der Waals surface area contributed by atoms with Crippen molar-refractivity contribution in [2.45, 2.75) is 19.9 Å². The summed E-state index contributed by atoms with van der Waals surface area (Å²) in [4.78, 5) is 47.9. The summed E-state index contributed by atoms with van der Waals surface area (Å²) in [6, 6.07) is 11.7. The average molecular weight is 393 g/mol. The Balaban J connectivity index is 1.56. The number of aromatic nitrogens is 3. The molecule has 3 heterocycles. The molecule has 8 heteroatoms. The van der Waals surface area contributed by atoms with E-state index in [1.54, 1.807) is 11.0 Å². The van der Waals surface area contributed by atoms with Gasteiger partial charge in [-0.1, -0.05) is 25.1 Å². The van der Waals surface area contributed by atoms with Crippen LogP contribution in [0.4, 0.5) is 5.69 Å². The Morgan fingerprint density at radius 3 is 2.52 bits per heavy atom. The van der Waals surface area contributed by atoms with E-state index in [0.717, 1.165) is 25.2 Å². The van der Waals surface area contributed by atoms with E-state index < -0.39 is 11.2 Å². The Morgan fingerprint density at radius 2 is 1.83 bits per heavy atom. The molecule has 1 saturated heterocycles. The second kappa shape index (κ2) is 7.90. The van der Waals surface area contributed by atoms with E-state index >= 15 is 0 Å². The molecule has 1 aromatic carbocycles. The Labute approximate surface area is 167 Å². The van der Waals surface area contributed by atoms with E-state index in [0.29, 0.717) is 30.8 Å². The van der Waals surface area contributed by atoms with E-state index in [-0.39, 0.29) is 11.3 Å². The van der Waals surface area contributed by atoms with E-state index in [1.807, 2.05) is 25.1 Å². The molecule has 1 aliphatic heterocycles. The maximum absolute atomic E-state index is 13.0. The first kappa shape index (κ1) is 18.9. The minimum Gasteiger partial charge on any atom is -0.368 e. The number of rotatable bonds is 4. The minimum atomic E-state index is -0.520. The van der Waals surface area contributed by atoms with Crippen LogP contribution in [0.1, 0.15) is 23.7 Å². The first-order valence-corrected chi connectivity index (χ1v) is 9.80. The highest BCUT2D eigenvalue weighted by Crippen LogP contribution is 2.17. The number of fused-ring (bicyclic) bond motifs is 1. The zero-order valence-corrected chi connectivity index (χ0v) is 16.3. The lowest BCUT2D eigenvalue weighted by molar-refractivity contribution is 0.0746. The van der Waals surface area contributed by atoms with Gasteiger partial charge in [-0.05, 0) is 24.6 Å². The van der Waals surface area contributed by atoms with Crippen LogP contribution in [0, 0.1) is 0 Å². The quantitative estimate of drug-likeness (QED) is 0.725. The van der Waals surface area contributed by atoms with E-state index in [9.17, 15) is 14.4 Å². The van der Waals surface area contributed by atoms with Gasteiger partial charge in [0.05, 0.1) is 10.9 Å². The van der Waals surface area contributed by atoms with E-state index in [4.69, 9.17) is 0 Å². The van der Waals surface area contributed by atoms with Crippen LogP contribution in [0.15, 0.2) is 52.2 Å². The lowest BCUT2D eigenvalue weighted by Gasteiger charge is -2.36. The fraction of sp³-hybridized carbons (Fsp3) is 0.333. The monoisotopic (exact) mass is 393 g/mol. The van der Waals surface area contributed by atoms with Gasteiger partial charge in [0.1, 0.15) is 5.65 Å². The number of aromatic amines is 1. The zero-order valence-electron chi connectivity index (χ0n) is 16.3. The van der Waals surface area contributed by atoms with Crippen molar-refractivity contribution in [1.82, 2.24) is 19.4 Å². The van der Waals surface area contributed by atoms with Crippen LogP contribution in [0.25, 0.3) is 11.0 Å². The molecule has 0 atom stereocenters. The van der Waals surface area contributed by atoms with Gasteiger partial charge in [-0.25, -0.2) is 9.78 Å². The van der Waals surface area contributed by atoms with Gasteiger partial charge in [-0.2, -0.15) is 0 Å². The fourth-order valence-electron chi connectivity index (χ4n) is 3.70. The van der Waals surface area contributed by atoms with Gasteiger partial charge in [0.25, 0.3) is 11.5 Å². The summed E-state index contributed by atoms with van der Waals surface area (Å²) in [5.74, 6) is -0.153. The lowest BCUT2D eigenvalue weighted by atomic mass is 10.1. The van der Waals surface area contributed by atoms with Gasteiger partial charge >= 0.3 is 5.69 Å². The number of pyridine rings is 1. The highest BCUT2D eigenvalue weighted by atomic mass is 16.2. The smallest absolute Gasteiger partial charge is 0.329 e. The molecule has 0 spiro atoms. The van der Waals surface area contributed by atoms with Crippen molar-refractivity contribution in [2.24, 2.45) is 0 Å². The third-order valence-corrected chi connectivity index (χ3v) is 5.21. The molecule has 0 aliphatic carbocycles. The van der Waals surface area contributed by atoms with Crippen molar-refractivity contribution in [3.63, 3.8) is 0 Å².